The van der Waals surface area contributed by atoms with Gasteiger partial charge in [-0.05, 0) is 38.2 Å². The first kappa shape index (κ1) is 15.8. The zero-order chi connectivity index (χ0) is 15.2. The lowest BCUT2D eigenvalue weighted by atomic mass is 10.2. The van der Waals surface area contributed by atoms with Gasteiger partial charge in [-0.1, -0.05) is 28.1 Å². The highest BCUT2D eigenvalue weighted by atomic mass is 79.9. The van der Waals surface area contributed by atoms with Crippen LogP contribution in [0.2, 0.25) is 0 Å². The van der Waals surface area contributed by atoms with E-state index in [9.17, 15) is 4.79 Å². The number of carbonyl (C=O) groups excluding carboxylic acids is 1. The van der Waals surface area contributed by atoms with Crippen LogP contribution in [0.15, 0.2) is 45.3 Å². The standard InChI is InChI=1S/C16H18BrNO3/c1-3-20-16(19)11-18(2)10-14-8-9-15(21-14)12-4-6-13(17)7-5-12/h4-9H,3,10-11H2,1-2H3. The highest BCUT2D eigenvalue weighted by molar-refractivity contribution is 9.10. The summed E-state index contributed by atoms with van der Waals surface area (Å²) in [4.78, 5) is 13.3. The van der Waals surface area contributed by atoms with Crippen molar-refractivity contribution in [2.45, 2.75) is 13.5 Å². The second kappa shape index (κ2) is 7.43. The summed E-state index contributed by atoms with van der Waals surface area (Å²) in [5.41, 5.74) is 1.03. The van der Waals surface area contributed by atoms with Crippen molar-refractivity contribution >= 4 is 21.9 Å². The van der Waals surface area contributed by atoms with E-state index in [1.165, 1.54) is 0 Å². The number of ether oxygens (including phenoxy) is 1. The number of esters is 1. The second-order valence-electron chi connectivity index (χ2n) is 4.75. The van der Waals surface area contributed by atoms with E-state index in [4.69, 9.17) is 9.15 Å². The molecule has 2 aromatic rings. The maximum absolute atomic E-state index is 11.4. The number of hydrogen-bond acceptors (Lipinski definition) is 4. The van der Waals surface area contributed by atoms with E-state index in [1.807, 2.05) is 48.3 Å². The number of likely N-dealkylation sites (N-methyl/N-ethyl adjacent to an activating group) is 1. The highest BCUT2D eigenvalue weighted by Gasteiger charge is 2.11. The van der Waals surface area contributed by atoms with Crippen molar-refractivity contribution in [2.24, 2.45) is 0 Å². The molecule has 0 unspecified atom stereocenters. The van der Waals surface area contributed by atoms with Gasteiger partial charge in [-0.3, -0.25) is 9.69 Å². The van der Waals surface area contributed by atoms with Crippen LogP contribution < -0.4 is 0 Å². The molecule has 1 aromatic heterocycles. The first-order chi connectivity index (χ1) is 10.1. The van der Waals surface area contributed by atoms with Crippen molar-refractivity contribution < 1.29 is 13.9 Å². The van der Waals surface area contributed by atoms with Gasteiger partial charge < -0.3 is 9.15 Å². The van der Waals surface area contributed by atoms with E-state index in [1.54, 1.807) is 6.92 Å². The predicted octanol–water partition coefficient (Wildman–Crippen LogP) is 3.70. The summed E-state index contributed by atoms with van der Waals surface area (Å²) in [5.74, 6) is 1.42. The molecule has 0 amide bonds. The molecule has 0 saturated heterocycles. The number of rotatable bonds is 6. The number of nitrogens with zero attached hydrogens (tertiary/aromatic N) is 1. The molecule has 4 nitrogen and oxygen atoms in total. The van der Waals surface area contributed by atoms with Gasteiger partial charge in [0, 0.05) is 10.0 Å². The molecule has 0 N–H and O–H groups in total. The number of hydrogen-bond donors (Lipinski definition) is 0. The van der Waals surface area contributed by atoms with Crippen LogP contribution in [0.25, 0.3) is 11.3 Å². The van der Waals surface area contributed by atoms with Crippen molar-refractivity contribution in [1.29, 1.82) is 0 Å². The van der Waals surface area contributed by atoms with Crippen LogP contribution in [-0.4, -0.2) is 31.1 Å². The molecule has 0 aliphatic rings. The molecule has 1 aromatic carbocycles. The summed E-state index contributed by atoms with van der Waals surface area (Å²) in [6, 6.07) is 11.8. The molecule has 0 saturated carbocycles. The number of halogens is 1. The van der Waals surface area contributed by atoms with Gasteiger partial charge in [0.05, 0.1) is 19.7 Å². The SMILES string of the molecule is CCOC(=O)CN(C)Cc1ccc(-c2ccc(Br)cc2)o1. The number of benzene rings is 1. The van der Waals surface area contributed by atoms with Gasteiger partial charge in [0.25, 0.3) is 0 Å². The molecule has 21 heavy (non-hydrogen) atoms. The molecule has 0 spiro atoms. The third-order valence-electron chi connectivity index (χ3n) is 2.92. The maximum atomic E-state index is 11.4. The van der Waals surface area contributed by atoms with Crippen LogP contribution in [0, 0.1) is 0 Å². The van der Waals surface area contributed by atoms with Crippen LogP contribution in [0.5, 0.6) is 0 Å². The summed E-state index contributed by atoms with van der Waals surface area (Å²) in [6.07, 6.45) is 0. The zero-order valence-corrected chi connectivity index (χ0v) is 13.7. The Labute approximate surface area is 132 Å². The Morgan fingerprint density at radius 1 is 1.24 bits per heavy atom. The molecule has 0 aliphatic carbocycles. The van der Waals surface area contributed by atoms with Gasteiger partial charge in [0.15, 0.2) is 0 Å². The summed E-state index contributed by atoms with van der Waals surface area (Å²) in [5, 5.41) is 0. The Morgan fingerprint density at radius 3 is 2.62 bits per heavy atom. The van der Waals surface area contributed by atoms with Crippen molar-refractivity contribution in [2.75, 3.05) is 20.2 Å². The summed E-state index contributed by atoms with van der Waals surface area (Å²) in [7, 11) is 1.86. The first-order valence-corrected chi connectivity index (χ1v) is 7.56. The molecular formula is C16H18BrNO3. The lowest BCUT2D eigenvalue weighted by Gasteiger charge is -2.13. The van der Waals surface area contributed by atoms with Gasteiger partial charge in [-0.15, -0.1) is 0 Å². The van der Waals surface area contributed by atoms with Gasteiger partial charge in [-0.25, -0.2) is 0 Å². The monoisotopic (exact) mass is 351 g/mol. The summed E-state index contributed by atoms with van der Waals surface area (Å²) >= 11 is 3.41. The van der Waals surface area contributed by atoms with E-state index in [0.29, 0.717) is 13.2 Å². The van der Waals surface area contributed by atoms with Gasteiger partial charge in [0.2, 0.25) is 0 Å². The van der Waals surface area contributed by atoms with Crippen LogP contribution in [-0.2, 0) is 16.1 Å². The van der Waals surface area contributed by atoms with Crippen molar-refractivity contribution in [3.63, 3.8) is 0 Å². The molecule has 0 radical (unpaired) electrons. The summed E-state index contributed by atoms with van der Waals surface area (Å²) in [6.45, 7) is 3.02. The Morgan fingerprint density at radius 2 is 1.95 bits per heavy atom. The average molecular weight is 352 g/mol. The molecular weight excluding hydrogens is 334 g/mol. The van der Waals surface area contributed by atoms with Crippen LogP contribution >= 0.6 is 15.9 Å². The largest absolute Gasteiger partial charge is 0.465 e. The minimum Gasteiger partial charge on any atom is -0.465 e. The van der Waals surface area contributed by atoms with Crippen molar-refractivity contribution in [3.05, 3.63) is 46.6 Å². The molecule has 0 aliphatic heterocycles. The smallest absolute Gasteiger partial charge is 0.320 e. The van der Waals surface area contributed by atoms with E-state index < -0.39 is 0 Å². The third-order valence-corrected chi connectivity index (χ3v) is 3.45. The maximum Gasteiger partial charge on any atom is 0.320 e. The molecule has 0 bridgehead atoms. The van der Waals surface area contributed by atoms with Crippen molar-refractivity contribution in [1.82, 2.24) is 4.90 Å². The normalized spacial score (nSPS) is 10.9. The van der Waals surface area contributed by atoms with E-state index >= 15 is 0 Å². The van der Waals surface area contributed by atoms with Crippen LogP contribution in [0.3, 0.4) is 0 Å². The van der Waals surface area contributed by atoms with E-state index in [0.717, 1.165) is 21.6 Å². The van der Waals surface area contributed by atoms with E-state index in [-0.39, 0.29) is 12.5 Å². The molecule has 0 atom stereocenters. The second-order valence-corrected chi connectivity index (χ2v) is 5.67. The van der Waals surface area contributed by atoms with Crippen LogP contribution in [0.4, 0.5) is 0 Å². The first-order valence-electron chi connectivity index (χ1n) is 6.77. The minimum atomic E-state index is -0.223. The molecule has 1 heterocycles. The average Bonchev–Trinajstić information content (AvgIpc) is 2.88. The van der Waals surface area contributed by atoms with Gasteiger partial charge in [-0.2, -0.15) is 0 Å². The molecule has 5 heteroatoms. The highest BCUT2D eigenvalue weighted by Crippen LogP contribution is 2.24. The number of carbonyl (C=O) groups is 1. The summed E-state index contributed by atoms with van der Waals surface area (Å²) < 4.78 is 11.8. The van der Waals surface area contributed by atoms with Gasteiger partial charge >= 0.3 is 5.97 Å². The fourth-order valence-electron chi connectivity index (χ4n) is 1.98. The Balaban J connectivity index is 1.96. The fourth-order valence-corrected chi connectivity index (χ4v) is 2.25. The number of furan rings is 1. The lowest BCUT2D eigenvalue weighted by molar-refractivity contribution is -0.144. The Hall–Kier alpha value is -1.59. The zero-order valence-electron chi connectivity index (χ0n) is 12.1. The molecule has 2 rings (SSSR count). The lowest BCUT2D eigenvalue weighted by Crippen LogP contribution is -2.26. The Bertz CT molecular complexity index is 592. The minimum absolute atomic E-state index is 0.223. The van der Waals surface area contributed by atoms with Gasteiger partial charge in [0.1, 0.15) is 11.5 Å². The Kier molecular flexibility index (Phi) is 5.59. The third kappa shape index (κ3) is 4.72. The van der Waals surface area contributed by atoms with Crippen molar-refractivity contribution in [3.8, 4) is 11.3 Å². The molecule has 112 valence electrons. The topological polar surface area (TPSA) is 42.7 Å². The van der Waals surface area contributed by atoms with Crippen LogP contribution in [0.1, 0.15) is 12.7 Å². The van der Waals surface area contributed by atoms with E-state index in [2.05, 4.69) is 15.9 Å². The predicted molar refractivity (Wildman–Crippen MR) is 84.8 cm³/mol. The molecule has 0 fully saturated rings. The quantitative estimate of drug-likeness (QED) is 0.744. The fraction of sp³-hybridized carbons (Fsp3) is 0.312.